The fourth-order valence-corrected chi connectivity index (χ4v) is 6.36. The highest BCUT2D eigenvalue weighted by atomic mass is 35.5. The molecule has 9 nitrogen and oxygen atoms in total. The lowest BCUT2D eigenvalue weighted by molar-refractivity contribution is -0.181. The molecule has 0 aliphatic carbocycles. The highest BCUT2D eigenvalue weighted by Gasteiger charge is 2.48. The van der Waals surface area contributed by atoms with Gasteiger partial charge in [-0.2, -0.15) is 0 Å². The Morgan fingerprint density at radius 3 is 2.07 bits per heavy atom. The Hall–Kier alpha value is -3.44. The summed E-state index contributed by atoms with van der Waals surface area (Å²) in [4.78, 5) is 41.0. The minimum atomic E-state index is -3.41. The average Bonchev–Trinajstić information content (AvgIpc) is 3.00. The van der Waals surface area contributed by atoms with Gasteiger partial charge in [0.05, 0.1) is 10.9 Å². The summed E-state index contributed by atoms with van der Waals surface area (Å²) in [5.41, 5.74) is 2.14. The second-order valence-electron chi connectivity index (χ2n) is 11.1. The zero-order valence-corrected chi connectivity index (χ0v) is 27.3. The summed E-state index contributed by atoms with van der Waals surface area (Å²) in [5.74, 6) is -1.74. The number of hydrogen-bond donors (Lipinski definition) is 2. The van der Waals surface area contributed by atoms with Crippen LogP contribution < -0.4 is 5.32 Å². The fraction of sp³-hybridized carbons (Fsp3) is 0.364. The van der Waals surface area contributed by atoms with Crippen molar-refractivity contribution in [2.75, 3.05) is 12.8 Å². The summed E-state index contributed by atoms with van der Waals surface area (Å²) in [6.07, 6.45) is 0.645. The zero-order valence-electron chi connectivity index (χ0n) is 25.0. The third-order valence-electron chi connectivity index (χ3n) is 7.68. The number of morpholine rings is 1. The van der Waals surface area contributed by atoms with E-state index in [-0.39, 0.29) is 36.6 Å². The number of halogens is 2. The molecule has 1 aliphatic heterocycles. The van der Waals surface area contributed by atoms with Crippen LogP contribution >= 0.6 is 23.2 Å². The topological polar surface area (TPSA) is 130 Å². The van der Waals surface area contributed by atoms with Crippen LogP contribution in [0.2, 0.25) is 10.0 Å². The summed E-state index contributed by atoms with van der Waals surface area (Å²) in [5, 5.41) is 12.9. The number of amides is 2. The summed E-state index contributed by atoms with van der Waals surface area (Å²) in [6, 6.07) is 18.8. The van der Waals surface area contributed by atoms with Crippen molar-refractivity contribution in [2.45, 2.75) is 68.2 Å². The second-order valence-corrected chi connectivity index (χ2v) is 13.9. The molecule has 12 heteroatoms. The number of rotatable bonds is 13. The van der Waals surface area contributed by atoms with Gasteiger partial charge in [-0.15, -0.1) is 0 Å². The highest BCUT2D eigenvalue weighted by Crippen LogP contribution is 2.44. The summed E-state index contributed by atoms with van der Waals surface area (Å²) >= 11 is 12.4. The lowest BCUT2D eigenvalue weighted by atomic mass is 9.88. The van der Waals surface area contributed by atoms with Gasteiger partial charge in [-0.05, 0) is 65.9 Å². The highest BCUT2D eigenvalue weighted by molar-refractivity contribution is 7.90. The molecule has 0 radical (unpaired) electrons. The Morgan fingerprint density at radius 2 is 1.53 bits per heavy atom. The summed E-state index contributed by atoms with van der Waals surface area (Å²) < 4.78 is 30.6. The molecular formula is C33H36Cl2N2O7S. The Morgan fingerprint density at radius 1 is 0.956 bits per heavy atom. The molecule has 1 aliphatic rings. The largest absolute Gasteiger partial charge is 0.481 e. The van der Waals surface area contributed by atoms with Gasteiger partial charge in [0.1, 0.15) is 18.2 Å². The number of benzene rings is 3. The first kappa shape index (κ1) is 34.4. The Kier molecular flexibility index (Phi) is 11.7. The van der Waals surface area contributed by atoms with Gasteiger partial charge in [-0.25, -0.2) is 8.42 Å². The van der Waals surface area contributed by atoms with Crippen LogP contribution in [0, 0.1) is 0 Å². The number of carboxylic acids is 1. The molecule has 0 saturated carbocycles. The maximum absolute atomic E-state index is 14.5. The van der Waals surface area contributed by atoms with Crippen molar-refractivity contribution in [1.82, 2.24) is 10.2 Å². The molecule has 1 saturated heterocycles. The number of carboxylic acid groups (broad SMARTS) is 1. The molecule has 2 amide bonds. The number of aliphatic carboxylic acids is 1. The number of carbonyl (C=O) groups excluding carboxylic acids is 2. The van der Waals surface area contributed by atoms with E-state index in [1.54, 1.807) is 53.4 Å². The van der Waals surface area contributed by atoms with Gasteiger partial charge in [-0.3, -0.25) is 14.4 Å². The van der Waals surface area contributed by atoms with E-state index in [0.29, 0.717) is 34.0 Å². The van der Waals surface area contributed by atoms with E-state index in [2.05, 4.69) is 5.32 Å². The normalized spacial score (nSPS) is 19.2. The molecule has 3 aromatic carbocycles. The van der Waals surface area contributed by atoms with Crippen molar-refractivity contribution < 1.29 is 32.6 Å². The van der Waals surface area contributed by atoms with E-state index >= 15 is 0 Å². The molecule has 1 fully saturated rings. The quantitative estimate of drug-likeness (QED) is 0.219. The van der Waals surface area contributed by atoms with E-state index in [4.69, 9.17) is 33.0 Å². The molecule has 0 bridgehead atoms. The molecule has 1 unspecified atom stereocenters. The van der Waals surface area contributed by atoms with E-state index in [9.17, 15) is 22.8 Å². The molecule has 1 heterocycles. The number of ether oxygens (including phenoxy) is 1. The molecular weight excluding hydrogens is 639 g/mol. The monoisotopic (exact) mass is 674 g/mol. The van der Waals surface area contributed by atoms with Crippen molar-refractivity contribution in [3.63, 3.8) is 0 Å². The van der Waals surface area contributed by atoms with Crippen molar-refractivity contribution in [3.05, 3.63) is 99.5 Å². The lowest BCUT2D eigenvalue weighted by Crippen LogP contribution is -2.59. The standard InChI is InChI=1S/C33H36Cl2N2O7S/c1-3-5-27(32(40)36-19-4-6-29(38)39)37-30(22-9-13-24(34)14-10-22)31(23-11-15-25(35)16-12-23)44-28(33(37)41)20-21-7-17-26(18-8-21)45(2,42)43/h7-18,27-28,30-31H,3-6,19-20H2,1-2H3,(H,36,40)(H,38,39)/t27?,28-,30+,31-/m0/s1. The van der Waals surface area contributed by atoms with Gasteiger partial charge in [0.15, 0.2) is 9.84 Å². The molecule has 0 spiro atoms. The van der Waals surface area contributed by atoms with E-state index in [1.807, 2.05) is 19.1 Å². The maximum atomic E-state index is 14.5. The lowest BCUT2D eigenvalue weighted by Gasteiger charge is -2.47. The van der Waals surface area contributed by atoms with Crippen LogP contribution in [0.5, 0.6) is 0 Å². The molecule has 240 valence electrons. The number of hydrogen-bond acceptors (Lipinski definition) is 6. The minimum absolute atomic E-state index is 0.0958. The van der Waals surface area contributed by atoms with E-state index < -0.39 is 46.0 Å². The predicted octanol–water partition coefficient (Wildman–Crippen LogP) is 5.80. The van der Waals surface area contributed by atoms with Crippen LogP contribution in [0.3, 0.4) is 0 Å². The van der Waals surface area contributed by atoms with Crippen molar-refractivity contribution in [2.24, 2.45) is 0 Å². The Labute approximate surface area is 273 Å². The zero-order chi connectivity index (χ0) is 32.7. The first-order valence-corrected chi connectivity index (χ1v) is 17.3. The molecule has 4 rings (SSSR count). The molecule has 0 aromatic heterocycles. The summed E-state index contributed by atoms with van der Waals surface area (Å²) in [6.45, 7) is 2.07. The van der Waals surface area contributed by atoms with E-state index in [1.165, 1.54) is 12.1 Å². The maximum Gasteiger partial charge on any atom is 0.303 e. The van der Waals surface area contributed by atoms with Crippen molar-refractivity contribution in [3.8, 4) is 0 Å². The molecule has 4 atom stereocenters. The van der Waals surface area contributed by atoms with Crippen LogP contribution in [0.1, 0.15) is 61.4 Å². The van der Waals surface area contributed by atoms with Gasteiger partial charge in [0.2, 0.25) is 5.91 Å². The van der Waals surface area contributed by atoms with Crippen LogP contribution in [-0.4, -0.2) is 61.2 Å². The number of sulfone groups is 1. The van der Waals surface area contributed by atoms with Gasteiger partial charge < -0.3 is 20.1 Å². The first-order chi connectivity index (χ1) is 21.4. The van der Waals surface area contributed by atoms with Gasteiger partial charge >= 0.3 is 5.97 Å². The first-order valence-electron chi connectivity index (χ1n) is 14.7. The van der Waals surface area contributed by atoms with Crippen LogP contribution in [-0.2, 0) is 35.4 Å². The second kappa shape index (κ2) is 15.2. The van der Waals surface area contributed by atoms with Crippen molar-refractivity contribution >= 4 is 50.8 Å². The van der Waals surface area contributed by atoms with E-state index in [0.717, 1.165) is 11.8 Å². The van der Waals surface area contributed by atoms with Gasteiger partial charge in [0, 0.05) is 35.7 Å². The minimum Gasteiger partial charge on any atom is -0.481 e. The third-order valence-corrected chi connectivity index (χ3v) is 9.31. The smallest absolute Gasteiger partial charge is 0.303 e. The molecule has 2 N–H and O–H groups in total. The SMILES string of the molecule is CCCC(C(=O)NCCCC(=O)O)N1C(=O)[C@H](Cc2ccc(S(C)(=O)=O)cc2)O[C@@H](c2ccc(Cl)cc2)[C@H]1c1ccc(Cl)cc1. The molecule has 3 aromatic rings. The average molecular weight is 676 g/mol. The number of nitrogens with zero attached hydrogens (tertiary/aromatic N) is 1. The van der Waals surface area contributed by atoms with Crippen LogP contribution in [0.25, 0.3) is 0 Å². The van der Waals surface area contributed by atoms with Crippen molar-refractivity contribution in [1.29, 1.82) is 0 Å². The third kappa shape index (κ3) is 8.85. The van der Waals surface area contributed by atoms with Crippen LogP contribution in [0.4, 0.5) is 0 Å². The summed E-state index contributed by atoms with van der Waals surface area (Å²) in [7, 11) is -3.41. The van der Waals surface area contributed by atoms with Gasteiger partial charge in [-0.1, -0.05) is 72.9 Å². The van der Waals surface area contributed by atoms with Crippen LogP contribution in [0.15, 0.2) is 77.7 Å². The molecule has 45 heavy (non-hydrogen) atoms. The Balaban J connectivity index is 1.79. The number of carbonyl (C=O) groups is 3. The fourth-order valence-electron chi connectivity index (χ4n) is 5.48. The predicted molar refractivity (Wildman–Crippen MR) is 172 cm³/mol. The number of nitrogens with one attached hydrogen (secondary N) is 1. The van der Waals surface area contributed by atoms with Gasteiger partial charge in [0.25, 0.3) is 5.91 Å². The Bertz CT molecular complexity index is 1600.